The lowest BCUT2D eigenvalue weighted by atomic mass is 9.99. The highest BCUT2D eigenvalue weighted by molar-refractivity contribution is 5.82. The number of hydrogen-bond acceptors (Lipinski definition) is 3. The van der Waals surface area contributed by atoms with Crippen LogP contribution in [-0.2, 0) is 14.3 Å². The van der Waals surface area contributed by atoms with Crippen molar-refractivity contribution in [2.75, 3.05) is 0 Å². The third-order valence-electron chi connectivity index (χ3n) is 5.24. The Kier molecular flexibility index (Phi) is 10.9. The molecule has 0 radical (unpaired) electrons. The molecule has 2 aliphatic rings. The fourth-order valence-electron chi connectivity index (χ4n) is 3.94. The van der Waals surface area contributed by atoms with Crippen molar-refractivity contribution in [2.45, 2.75) is 130 Å². The van der Waals surface area contributed by atoms with E-state index >= 15 is 0 Å². The maximum absolute atomic E-state index is 11.2. The molecule has 3 heteroatoms. The molecule has 0 amide bonds. The Morgan fingerprint density at radius 2 is 1.76 bits per heavy atom. The number of ether oxygens (including phenoxy) is 2. The van der Waals surface area contributed by atoms with Gasteiger partial charge in [0.25, 0.3) is 0 Å². The minimum atomic E-state index is -0.00389. The second-order valence-corrected chi connectivity index (χ2v) is 8.50. The van der Waals surface area contributed by atoms with Gasteiger partial charge in [0.2, 0.25) is 0 Å². The molecule has 148 valence electrons. The fourth-order valence-corrected chi connectivity index (χ4v) is 3.94. The summed E-state index contributed by atoms with van der Waals surface area (Å²) in [5.74, 6) is 0.980. The Labute approximate surface area is 156 Å². The van der Waals surface area contributed by atoms with Crippen molar-refractivity contribution >= 4 is 5.78 Å². The third-order valence-corrected chi connectivity index (χ3v) is 5.24. The van der Waals surface area contributed by atoms with Crippen LogP contribution in [0.2, 0.25) is 0 Å². The van der Waals surface area contributed by atoms with Gasteiger partial charge in [0.1, 0.15) is 5.78 Å². The largest absolute Gasteiger partial charge is 0.350 e. The Balaban J connectivity index is 0.000000251. The van der Waals surface area contributed by atoms with Gasteiger partial charge in [-0.1, -0.05) is 46.0 Å². The molecular formula is C22H42O3. The summed E-state index contributed by atoms with van der Waals surface area (Å²) in [4.78, 5) is 11.2. The summed E-state index contributed by atoms with van der Waals surface area (Å²) in [6.45, 7) is 10.8. The number of unbranched alkanes of at least 4 members (excludes halogenated alkanes) is 4. The Hall–Kier alpha value is -0.410. The van der Waals surface area contributed by atoms with Crippen molar-refractivity contribution < 1.29 is 14.3 Å². The SMILES string of the molecule is CCCCC1OC(C)CC(C)(C)O1.CCCCCCC1CCCC1=O. The number of carbonyl (C=O) groups is 1. The maximum Gasteiger partial charge on any atom is 0.158 e. The zero-order valence-corrected chi connectivity index (χ0v) is 17.4. The summed E-state index contributed by atoms with van der Waals surface area (Å²) < 4.78 is 11.5. The Bertz CT molecular complexity index is 364. The second-order valence-electron chi connectivity index (χ2n) is 8.50. The van der Waals surface area contributed by atoms with Gasteiger partial charge in [-0.3, -0.25) is 4.79 Å². The molecule has 1 heterocycles. The summed E-state index contributed by atoms with van der Waals surface area (Å²) >= 11 is 0. The van der Waals surface area contributed by atoms with E-state index in [-0.39, 0.29) is 11.9 Å². The van der Waals surface area contributed by atoms with Crippen molar-refractivity contribution in [3.05, 3.63) is 0 Å². The van der Waals surface area contributed by atoms with E-state index in [1.165, 1.54) is 51.4 Å². The number of ketones is 1. The molecule has 0 aromatic carbocycles. The van der Waals surface area contributed by atoms with Crippen molar-refractivity contribution in [3.8, 4) is 0 Å². The van der Waals surface area contributed by atoms with E-state index in [0.29, 0.717) is 17.8 Å². The molecule has 3 unspecified atom stereocenters. The first-order chi connectivity index (χ1) is 11.9. The quantitative estimate of drug-likeness (QED) is 0.471. The third kappa shape index (κ3) is 9.75. The standard InChI is InChI=1S/C11H22O2.C11H20O/c1-5-6-7-10-12-9(2)8-11(3,4)13-10;1-2-3-4-5-7-10-8-6-9-11(10)12/h9-10H,5-8H2,1-4H3;10H,2-9H2,1H3. The maximum atomic E-state index is 11.2. The summed E-state index contributed by atoms with van der Waals surface area (Å²) in [6.07, 6.45) is 14.3. The first-order valence-corrected chi connectivity index (χ1v) is 10.7. The zero-order chi connectivity index (χ0) is 18.7. The van der Waals surface area contributed by atoms with Crippen molar-refractivity contribution in [1.29, 1.82) is 0 Å². The van der Waals surface area contributed by atoms with E-state index in [9.17, 15) is 4.79 Å². The first-order valence-electron chi connectivity index (χ1n) is 10.7. The van der Waals surface area contributed by atoms with Gasteiger partial charge < -0.3 is 9.47 Å². The van der Waals surface area contributed by atoms with E-state index in [1.807, 2.05) is 0 Å². The molecule has 1 saturated heterocycles. The molecule has 0 spiro atoms. The molecule has 2 fully saturated rings. The van der Waals surface area contributed by atoms with Crippen LogP contribution in [0.15, 0.2) is 0 Å². The second kappa shape index (κ2) is 12.1. The fraction of sp³-hybridized carbons (Fsp3) is 0.955. The van der Waals surface area contributed by atoms with Gasteiger partial charge in [-0.2, -0.15) is 0 Å². The number of carbonyl (C=O) groups excluding carboxylic acids is 1. The van der Waals surface area contributed by atoms with Gasteiger partial charge in [0, 0.05) is 18.8 Å². The van der Waals surface area contributed by atoms with E-state index in [4.69, 9.17) is 9.47 Å². The molecule has 25 heavy (non-hydrogen) atoms. The highest BCUT2D eigenvalue weighted by Gasteiger charge is 2.32. The zero-order valence-electron chi connectivity index (χ0n) is 17.4. The van der Waals surface area contributed by atoms with Gasteiger partial charge in [0.15, 0.2) is 6.29 Å². The van der Waals surface area contributed by atoms with E-state index < -0.39 is 0 Å². The molecule has 3 nitrogen and oxygen atoms in total. The van der Waals surface area contributed by atoms with E-state index in [1.54, 1.807) is 0 Å². The monoisotopic (exact) mass is 354 g/mol. The molecule has 1 aliphatic carbocycles. The van der Waals surface area contributed by atoms with E-state index in [2.05, 4.69) is 34.6 Å². The van der Waals surface area contributed by atoms with Crippen molar-refractivity contribution in [2.24, 2.45) is 5.92 Å². The van der Waals surface area contributed by atoms with Crippen molar-refractivity contribution in [1.82, 2.24) is 0 Å². The van der Waals surface area contributed by atoms with Gasteiger partial charge >= 0.3 is 0 Å². The molecule has 3 atom stereocenters. The molecule has 0 bridgehead atoms. The highest BCUT2D eigenvalue weighted by atomic mass is 16.7. The summed E-state index contributed by atoms with van der Waals surface area (Å²) in [7, 11) is 0. The predicted molar refractivity (Wildman–Crippen MR) is 105 cm³/mol. The van der Waals surface area contributed by atoms with Crippen LogP contribution >= 0.6 is 0 Å². The van der Waals surface area contributed by atoms with Crippen LogP contribution in [0.4, 0.5) is 0 Å². The van der Waals surface area contributed by atoms with Crippen LogP contribution in [-0.4, -0.2) is 23.8 Å². The Morgan fingerprint density at radius 1 is 1.04 bits per heavy atom. The predicted octanol–water partition coefficient (Wildman–Crippen LogP) is 6.43. The summed E-state index contributed by atoms with van der Waals surface area (Å²) in [6, 6.07) is 0. The molecule has 0 aromatic rings. The van der Waals surface area contributed by atoms with Crippen LogP contribution in [0.1, 0.15) is 112 Å². The number of Topliss-reactive ketones (excluding diaryl/α,β-unsaturated/α-hetero) is 1. The minimum absolute atomic E-state index is 0.00389. The van der Waals surface area contributed by atoms with Crippen molar-refractivity contribution in [3.63, 3.8) is 0 Å². The molecule has 1 aliphatic heterocycles. The number of hydrogen-bond donors (Lipinski definition) is 0. The Morgan fingerprint density at radius 3 is 2.32 bits per heavy atom. The van der Waals surface area contributed by atoms with Gasteiger partial charge in [-0.05, 0) is 52.9 Å². The smallest absolute Gasteiger partial charge is 0.158 e. The minimum Gasteiger partial charge on any atom is -0.350 e. The lowest BCUT2D eigenvalue weighted by Gasteiger charge is -2.39. The molecule has 2 rings (SSSR count). The first kappa shape index (κ1) is 22.6. The normalized spacial score (nSPS) is 28.5. The van der Waals surface area contributed by atoms with Crippen LogP contribution in [0, 0.1) is 5.92 Å². The lowest BCUT2D eigenvalue weighted by molar-refractivity contribution is -0.270. The molecule has 0 N–H and O–H groups in total. The van der Waals surface area contributed by atoms with Crippen LogP contribution in [0.3, 0.4) is 0 Å². The molecule has 0 aromatic heterocycles. The summed E-state index contributed by atoms with van der Waals surface area (Å²) in [5, 5.41) is 0. The number of rotatable bonds is 8. The van der Waals surface area contributed by atoms with Gasteiger partial charge in [-0.15, -0.1) is 0 Å². The summed E-state index contributed by atoms with van der Waals surface area (Å²) in [5.41, 5.74) is -0.00389. The molecular weight excluding hydrogens is 312 g/mol. The highest BCUT2D eigenvalue weighted by Crippen LogP contribution is 2.29. The van der Waals surface area contributed by atoms with Gasteiger partial charge in [0.05, 0.1) is 11.7 Å². The van der Waals surface area contributed by atoms with Gasteiger partial charge in [-0.25, -0.2) is 0 Å². The lowest BCUT2D eigenvalue weighted by Crippen LogP contribution is -2.42. The van der Waals surface area contributed by atoms with Crippen LogP contribution in [0.25, 0.3) is 0 Å². The van der Waals surface area contributed by atoms with Crippen LogP contribution in [0.5, 0.6) is 0 Å². The molecule has 1 saturated carbocycles. The van der Waals surface area contributed by atoms with Crippen LogP contribution < -0.4 is 0 Å². The topological polar surface area (TPSA) is 35.5 Å². The van der Waals surface area contributed by atoms with E-state index in [0.717, 1.165) is 25.7 Å². The average molecular weight is 355 g/mol. The average Bonchev–Trinajstić information content (AvgIpc) is 2.93.